The van der Waals surface area contributed by atoms with E-state index in [0.29, 0.717) is 6.04 Å². The van der Waals surface area contributed by atoms with Crippen LogP contribution >= 0.6 is 22.6 Å². The fraction of sp³-hybridized carbons (Fsp3) is 0.500. The number of aromatic nitrogens is 1. The molecule has 2 nitrogen and oxygen atoms in total. The minimum Gasteiger partial charge on any atom is -0.354 e. The highest BCUT2D eigenvalue weighted by molar-refractivity contribution is 14.1. The van der Waals surface area contributed by atoms with Crippen LogP contribution in [0.2, 0.25) is 0 Å². The Bertz CT molecular complexity index is 283. The zero-order valence-corrected chi connectivity index (χ0v) is 9.86. The summed E-state index contributed by atoms with van der Waals surface area (Å²) in [4.78, 5) is 6.81. The number of rotatable bonds is 1. The van der Waals surface area contributed by atoms with E-state index in [-0.39, 0.29) is 0 Å². The molecule has 0 aromatic carbocycles. The van der Waals surface area contributed by atoms with E-state index in [0.717, 1.165) is 12.4 Å². The summed E-state index contributed by atoms with van der Waals surface area (Å²) >= 11 is 2.28. The summed E-state index contributed by atoms with van der Waals surface area (Å²) in [5.41, 5.74) is 0. The molecule has 0 aliphatic carbocycles. The average molecular weight is 288 g/mol. The van der Waals surface area contributed by atoms with E-state index < -0.39 is 0 Å². The highest BCUT2D eigenvalue weighted by Gasteiger charge is 2.20. The van der Waals surface area contributed by atoms with Gasteiger partial charge in [0.05, 0.1) is 0 Å². The van der Waals surface area contributed by atoms with E-state index in [1.807, 2.05) is 6.20 Å². The number of pyridine rings is 1. The first-order chi connectivity index (χ1) is 6.27. The van der Waals surface area contributed by atoms with E-state index in [1.54, 1.807) is 0 Å². The van der Waals surface area contributed by atoms with E-state index in [1.165, 1.54) is 16.4 Å². The zero-order valence-electron chi connectivity index (χ0n) is 7.70. The van der Waals surface area contributed by atoms with Crippen molar-refractivity contribution in [3.63, 3.8) is 0 Å². The number of anilines is 1. The molecule has 13 heavy (non-hydrogen) atoms. The third-order valence-corrected chi connectivity index (χ3v) is 3.20. The summed E-state index contributed by atoms with van der Waals surface area (Å²) in [5, 5.41) is 0. The Morgan fingerprint density at radius 3 is 2.92 bits per heavy atom. The van der Waals surface area contributed by atoms with Gasteiger partial charge < -0.3 is 4.90 Å². The predicted octanol–water partition coefficient (Wildman–Crippen LogP) is 2.67. The minimum atomic E-state index is 0.660. The van der Waals surface area contributed by atoms with Gasteiger partial charge in [-0.25, -0.2) is 4.98 Å². The molecule has 0 spiro atoms. The molecule has 0 radical (unpaired) electrons. The lowest BCUT2D eigenvalue weighted by Gasteiger charge is -2.22. The van der Waals surface area contributed by atoms with Gasteiger partial charge in [-0.1, -0.05) is 0 Å². The highest BCUT2D eigenvalue weighted by atomic mass is 127. The monoisotopic (exact) mass is 288 g/mol. The highest BCUT2D eigenvalue weighted by Crippen LogP contribution is 2.23. The Labute approximate surface area is 92.5 Å². The number of hydrogen-bond acceptors (Lipinski definition) is 2. The second-order valence-corrected chi connectivity index (χ2v) is 4.76. The molecule has 1 aromatic rings. The molecule has 2 heterocycles. The van der Waals surface area contributed by atoms with Gasteiger partial charge in [-0.3, -0.25) is 0 Å². The van der Waals surface area contributed by atoms with Gasteiger partial charge in [0.25, 0.3) is 0 Å². The topological polar surface area (TPSA) is 16.1 Å². The molecule has 1 aliphatic rings. The van der Waals surface area contributed by atoms with Crippen LogP contribution in [0.4, 0.5) is 5.82 Å². The second kappa shape index (κ2) is 3.82. The van der Waals surface area contributed by atoms with Crippen molar-refractivity contribution in [1.82, 2.24) is 4.98 Å². The number of halogens is 1. The zero-order chi connectivity index (χ0) is 9.26. The van der Waals surface area contributed by atoms with Crippen LogP contribution < -0.4 is 4.90 Å². The summed E-state index contributed by atoms with van der Waals surface area (Å²) in [6, 6.07) is 4.89. The van der Waals surface area contributed by atoms with Crippen LogP contribution in [0.5, 0.6) is 0 Å². The average Bonchev–Trinajstić information content (AvgIpc) is 2.53. The van der Waals surface area contributed by atoms with Crippen molar-refractivity contribution in [2.24, 2.45) is 0 Å². The Morgan fingerprint density at radius 2 is 2.38 bits per heavy atom. The summed E-state index contributed by atoms with van der Waals surface area (Å²) in [7, 11) is 0. The molecule has 0 unspecified atom stereocenters. The molecule has 1 atom stereocenters. The molecule has 1 aromatic heterocycles. The van der Waals surface area contributed by atoms with Crippen molar-refractivity contribution >= 4 is 28.4 Å². The van der Waals surface area contributed by atoms with Crippen LogP contribution in [0.25, 0.3) is 0 Å². The van der Waals surface area contributed by atoms with Crippen LogP contribution in [0.1, 0.15) is 19.8 Å². The molecule has 1 saturated heterocycles. The molecule has 1 fully saturated rings. The maximum Gasteiger partial charge on any atom is 0.128 e. The lowest BCUT2D eigenvalue weighted by Crippen LogP contribution is -2.26. The van der Waals surface area contributed by atoms with E-state index >= 15 is 0 Å². The quantitative estimate of drug-likeness (QED) is 0.739. The SMILES string of the molecule is C[C@@H]1CCCN1c1ccc(I)cn1. The molecule has 70 valence electrons. The van der Waals surface area contributed by atoms with Crippen molar-refractivity contribution in [3.8, 4) is 0 Å². The third kappa shape index (κ3) is 1.95. The molecule has 0 saturated carbocycles. The summed E-state index contributed by atoms with van der Waals surface area (Å²) < 4.78 is 1.20. The molecule has 1 aliphatic heterocycles. The van der Waals surface area contributed by atoms with Gasteiger partial charge in [0.2, 0.25) is 0 Å². The standard InChI is InChI=1S/C10H13IN2/c1-8-3-2-6-13(8)10-5-4-9(11)7-12-10/h4-5,7-8H,2-3,6H2,1H3/t8-/m1/s1. The van der Waals surface area contributed by atoms with Crippen LogP contribution in [0, 0.1) is 3.57 Å². The minimum absolute atomic E-state index is 0.660. The van der Waals surface area contributed by atoms with E-state index in [9.17, 15) is 0 Å². The number of nitrogens with zero attached hydrogens (tertiary/aromatic N) is 2. The normalized spacial score (nSPS) is 22.3. The first-order valence-electron chi connectivity index (χ1n) is 4.65. The largest absolute Gasteiger partial charge is 0.354 e. The second-order valence-electron chi connectivity index (χ2n) is 3.52. The molecule has 3 heteroatoms. The van der Waals surface area contributed by atoms with Crippen LogP contribution in [-0.2, 0) is 0 Å². The van der Waals surface area contributed by atoms with Gasteiger partial charge in [0, 0.05) is 22.4 Å². The van der Waals surface area contributed by atoms with Crippen molar-refractivity contribution in [3.05, 3.63) is 21.9 Å². The Balaban J connectivity index is 2.20. The lowest BCUT2D eigenvalue weighted by molar-refractivity contribution is 0.727. The van der Waals surface area contributed by atoms with Gasteiger partial charge in [-0.15, -0.1) is 0 Å². The Morgan fingerprint density at radius 1 is 1.54 bits per heavy atom. The van der Waals surface area contributed by atoms with Crippen molar-refractivity contribution < 1.29 is 0 Å². The summed E-state index contributed by atoms with van der Waals surface area (Å²) in [5.74, 6) is 1.13. The molecular weight excluding hydrogens is 275 g/mol. The van der Waals surface area contributed by atoms with Crippen molar-refractivity contribution in [2.45, 2.75) is 25.8 Å². The van der Waals surface area contributed by atoms with Gasteiger partial charge in [0.15, 0.2) is 0 Å². The summed E-state index contributed by atoms with van der Waals surface area (Å²) in [6.45, 7) is 3.43. The van der Waals surface area contributed by atoms with Gasteiger partial charge in [-0.05, 0) is 54.5 Å². The lowest BCUT2D eigenvalue weighted by atomic mass is 10.2. The third-order valence-electron chi connectivity index (χ3n) is 2.56. The maximum absolute atomic E-state index is 4.43. The maximum atomic E-state index is 4.43. The smallest absolute Gasteiger partial charge is 0.128 e. The van der Waals surface area contributed by atoms with Crippen LogP contribution in [0.3, 0.4) is 0 Å². The van der Waals surface area contributed by atoms with E-state index in [2.05, 4.69) is 51.5 Å². The van der Waals surface area contributed by atoms with E-state index in [4.69, 9.17) is 0 Å². The summed E-state index contributed by atoms with van der Waals surface area (Å²) in [6.07, 6.45) is 4.53. The number of hydrogen-bond donors (Lipinski definition) is 0. The van der Waals surface area contributed by atoms with Crippen LogP contribution in [-0.4, -0.2) is 17.6 Å². The Hall–Kier alpha value is -0.320. The predicted molar refractivity (Wildman–Crippen MR) is 63.0 cm³/mol. The van der Waals surface area contributed by atoms with Crippen molar-refractivity contribution in [1.29, 1.82) is 0 Å². The first kappa shape index (κ1) is 9.24. The molecular formula is C10H13IN2. The van der Waals surface area contributed by atoms with Gasteiger partial charge >= 0.3 is 0 Å². The van der Waals surface area contributed by atoms with Gasteiger partial charge in [0.1, 0.15) is 5.82 Å². The first-order valence-corrected chi connectivity index (χ1v) is 5.73. The molecule has 0 amide bonds. The van der Waals surface area contributed by atoms with Gasteiger partial charge in [-0.2, -0.15) is 0 Å². The molecule has 2 rings (SSSR count). The van der Waals surface area contributed by atoms with Crippen LogP contribution in [0.15, 0.2) is 18.3 Å². The fourth-order valence-corrected chi connectivity index (χ4v) is 2.13. The molecule has 0 N–H and O–H groups in total. The van der Waals surface area contributed by atoms with Crippen molar-refractivity contribution in [2.75, 3.05) is 11.4 Å². The Kier molecular flexibility index (Phi) is 2.71. The fourth-order valence-electron chi connectivity index (χ4n) is 1.81. The molecule has 0 bridgehead atoms.